The van der Waals surface area contributed by atoms with Gasteiger partial charge in [0, 0.05) is 39.3 Å². The number of nitrogens with zero attached hydrogens (tertiary/aromatic N) is 2. The molecule has 3 unspecified atom stereocenters. The Balaban J connectivity index is 0.993. The third-order valence-corrected chi connectivity index (χ3v) is 14.0. The Kier molecular flexibility index (Phi) is 9.69. The Morgan fingerprint density at radius 2 is 1.11 bits per heavy atom. The van der Waals surface area contributed by atoms with Crippen LogP contribution in [0.4, 0.5) is 17.1 Å². The Morgan fingerprint density at radius 3 is 1.79 bits per heavy atom. The largest absolute Gasteiger partial charge is 0.457 e. The lowest BCUT2D eigenvalue weighted by atomic mass is 9.57. The smallest absolute Gasteiger partial charge is 0.133 e. The van der Waals surface area contributed by atoms with E-state index in [0.29, 0.717) is 17.8 Å². The van der Waals surface area contributed by atoms with Crippen LogP contribution in [0.5, 0.6) is 11.5 Å². The molecule has 2 bridgehead atoms. The number of hydrogen-bond acceptors (Lipinski definition) is 2. The van der Waals surface area contributed by atoms with Crippen molar-refractivity contribution in [3.63, 3.8) is 0 Å². The molecular formula is C58H52N2O. The van der Waals surface area contributed by atoms with E-state index in [4.69, 9.17) is 4.74 Å². The summed E-state index contributed by atoms with van der Waals surface area (Å²) in [7, 11) is 0. The van der Waals surface area contributed by atoms with Gasteiger partial charge in [0.15, 0.2) is 0 Å². The van der Waals surface area contributed by atoms with Crippen molar-refractivity contribution in [2.75, 3.05) is 4.90 Å². The number of fused-ring (bicyclic) bond motifs is 6. The second-order valence-electron chi connectivity index (χ2n) is 17.8. The van der Waals surface area contributed by atoms with Gasteiger partial charge in [-0.05, 0) is 138 Å². The molecule has 0 saturated heterocycles. The molecule has 0 radical (unpaired) electrons. The number of benzene rings is 8. The van der Waals surface area contributed by atoms with Gasteiger partial charge in [0.05, 0.1) is 16.7 Å². The fourth-order valence-electron chi connectivity index (χ4n) is 11.4. The lowest BCUT2D eigenvalue weighted by Gasteiger charge is -2.48. The molecule has 2 aliphatic carbocycles. The van der Waals surface area contributed by atoms with Crippen LogP contribution in [-0.2, 0) is 0 Å². The minimum Gasteiger partial charge on any atom is -0.457 e. The molecule has 1 heterocycles. The van der Waals surface area contributed by atoms with Crippen LogP contribution in [0, 0.1) is 23.7 Å². The van der Waals surface area contributed by atoms with Crippen LogP contribution in [0.15, 0.2) is 188 Å². The molecule has 0 spiro atoms. The van der Waals surface area contributed by atoms with Crippen molar-refractivity contribution in [3.05, 3.63) is 194 Å². The summed E-state index contributed by atoms with van der Waals surface area (Å²) in [5.41, 5.74) is 10.7. The molecule has 0 aliphatic heterocycles. The molecule has 5 atom stereocenters. The van der Waals surface area contributed by atoms with Crippen molar-refractivity contribution in [1.29, 1.82) is 0 Å². The first-order valence-electron chi connectivity index (χ1n) is 22.4. The van der Waals surface area contributed by atoms with Crippen LogP contribution < -0.4 is 9.64 Å². The summed E-state index contributed by atoms with van der Waals surface area (Å²) in [6, 6.07) is 68.4. The zero-order valence-corrected chi connectivity index (χ0v) is 35.1. The lowest BCUT2D eigenvalue weighted by Crippen LogP contribution is -2.37. The third-order valence-electron chi connectivity index (χ3n) is 14.0. The second-order valence-corrected chi connectivity index (χ2v) is 17.8. The van der Waals surface area contributed by atoms with Gasteiger partial charge in [-0.25, -0.2) is 0 Å². The maximum absolute atomic E-state index is 6.99. The van der Waals surface area contributed by atoms with Crippen molar-refractivity contribution >= 4 is 49.6 Å². The van der Waals surface area contributed by atoms with Gasteiger partial charge >= 0.3 is 0 Å². The first kappa shape index (κ1) is 37.4. The molecular weight excluding hydrogens is 741 g/mol. The van der Waals surface area contributed by atoms with E-state index in [1.807, 2.05) is 0 Å². The minimum absolute atomic E-state index is 0.512. The van der Waals surface area contributed by atoms with Crippen molar-refractivity contribution in [1.82, 2.24) is 4.57 Å². The van der Waals surface area contributed by atoms with Gasteiger partial charge in [-0.2, -0.15) is 0 Å². The van der Waals surface area contributed by atoms with Crippen LogP contribution >= 0.6 is 0 Å². The number of para-hydroxylation sites is 3. The molecule has 9 aromatic rings. The monoisotopic (exact) mass is 792 g/mol. The van der Waals surface area contributed by atoms with Gasteiger partial charge < -0.3 is 14.2 Å². The zero-order valence-electron chi connectivity index (χ0n) is 35.1. The van der Waals surface area contributed by atoms with Crippen LogP contribution in [0.25, 0.3) is 49.4 Å². The fraction of sp³-hybridized carbons (Fsp3) is 0.207. The number of ether oxygens (including phenoxy) is 1. The Morgan fingerprint density at radius 1 is 0.541 bits per heavy atom. The first-order chi connectivity index (χ1) is 30.1. The summed E-state index contributed by atoms with van der Waals surface area (Å²) < 4.78 is 9.37. The molecule has 11 rings (SSSR count). The summed E-state index contributed by atoms with van der Waals surface area (Å²) in [6.45, 7) is 4.86. The van der Waals surface area contributed by atoms with Crippen molar-refractivity contribution in [3.8, 4) is 28.3 Å². The van der Waals surface area contributed by atoms with E-state index in [9.17, 15) is 0 Å². The Hall–Kier alpha value is -6.58. The summed E-state index contributed by atoms with van der Waals surface area (Å²) in [5.74, 6) is 5.37. The predicted octanol–water partition coefficient (Wildman–Crippen LogP) is 16.4. The topological polar surface area (TPSA) is 17.4 Å². The van der Waals surface area contributed by atoms with Crippen LogP contribution in [0.1, 0.15) is 57.4 Å². The van der Waals surface area contributed by atoms with E-state index < -0.39 is 0 Å². The van der Waals surface area contributed by atoms with Crippen LogP contribution in [-0.4, -0.2) is 4.57 Å². The standard InChI is InChI=1S/C58H52N2O/c1-3-40-36-44-34-39(2)35-45(37-40)58(44)53-33-32-48(38-57(53)61-49-16-5-4-6-17-49)59(54-23-13-15-43-14-7-8-18-50(43)54)46-28-24-41(25-29-46)42-26-30-47(31-27-42)60-55-21-11-9-19-51(55)52-20-10-12-22-56(52)60/h4-33,38-40,44-45,58H,3,34-37H2,1-2H3/t39?,40?,44-,45+,58?. The summed E-state index contributed by atoms with van der Waals surface area (Å²) in [5, 5.41) is 4.99. The van der Waals surface area contributed by atoms with Gasteiger partial charge in [-0.3, -0.25) is 0 Å². The van der Waals surface area contributed by atoms with Crippen molar-refractivity contribution in [2.45, 2.75) is 51.9 Å². The molecule has 61 heavy (non-hydrogen) atoms. The fourth-order valence-corrected chi connectivity index (χ4v) is 11.4. The number of anilines is 3. The molecule has 2 fully saturated rings. The predicted molar refractivity (Wildman–Crippen MR) is 256 cm³/mol. The van der Waals surface area contributed by atoms with Crippen molar-refractivity contribution in [2.24, 2.45) is 23.7 Å². The SMILES string of the molecule is CCC1C[C@H]2CC(C)C[C@@H](C1)C2c1ccc(N(c2ccc(-c3ccc(-n4c5ccccc5c5ccccc54)cc3)cc2)c2cccc3ccccc23)cc1Oc1ccccc1. The molecule has 1 aromatic heterocycles. The molecule has 300 valence electrons. The van der Waals surface area contributed by atoms with Gasteiger partial charge in [0.1, 0.15) is 11.5 Å². The summed E-state index contributed by atoms with van der Waals surface area (Å²) in [4.78, 5) is 2.43. The van der Waals surface area contributed by atoms with Gasteiger partial charge in [0.2, 0.25) is 0 Å². The highest BCUT2D eigenvalue weighted by Gasteiger charge is 2.43. The number of hydrogen-bond donors (Lipinski definition) is 0. The Bertz CT molecular complexity index is 2910. The highest BCUT2D eigenvalue weighted by Crippen LogP contribution is 2.56. The van der Waals surface area contributed by atoms with E-state index in [1.54, 1.807) is 0 Å². The molecule has 2 saturated carbocycles. The summed E-state index contributed by atoms with van der Waals surface area (Å²) >= 11 is 0. The zero-order chi connectivity index (χ0) is 40.9. The molecule has 3 nitrogen and oxygen atoms in total. The van der Waals surface area contributed by atoms with Gasteiger partial charge in [-0.1, -0.05) is 142 Å². The molecule has 0 amide bonds. The lowest BCUT2D eigenvalue weighted by molar-refractivity contribution is 0.0708. The van der Waals surface area contributed by atoms with Crippen molar-refractivity contribution < 1.29 is 4.74 Å². The van der Waals surface area contributed by atoms with Crippen LogP contribution in [0.2, 0.25) is 0 Å². The van der Waals surface area contributed by atoms with E-state index >= 15 is 0 Å². The number of rotatable bonds is 9. The molecule has 3 heteroatoms. The normalized spacial score (nSPS) is 19.9. The van der Waals surface area contributed by atoms with Crippen LogP contribution in [0.3, 0.4) is 0 Å². The maximum Gasteiger partial charge on any atom is 0.133 e. The molecule has 8 aromatic carbocycles. The van der Waals surface area contributed by atoms with Gasteiger partial charge in [-0.15, -0.1) is 0 Å². The van der Waals surface area contributed by atoms with E-state index in [2.05, 4.69) is 211 Å². The average Bonchev–Trinajstić information content (AvgIpc) is 3.64. The quantitative estimate of drug-likeness (QED) is 0.145. The Labute approximate surface area is 359 Å². The highest BCUT2D eigenvalue weighted by atomic mass is 16.5. The highest BCUT2D eigenvalue weighted by molar-refractivity contribution is 6.09. The average molecular weight is 793 g/mol. The first-order valence-corrected chi connectivity index (χ1v) is 22.4. The molecule has 2 aliphatic rings. The van der Waals surface area contributed by atoms with E-state index in [1.165, 1.54) is 81.4 Å². The van der Waals surface area contributed by atoms with E-state index in [-0.39, 0.29) is 0 Å². The third kappa shape index (κ3) is 6.87. The second kappa shape index (κ2) is 15.8. The summed E-state index contributed by atoms with van der Waals surface area (Å²) in [6.07, 6.45) is 6.55. The molecule has 0 N–H and O–H groups in total. The van der Waals surface area contributed by atoms with E-state index in [0.717, 1.165) is 46.1 Å². The number of aromatic nitrogens is 1. The van der Waals surface area contributed by atoms with Gasteiger partial charge in [0.25, 0.3) is 0 Å². The minimum atomic E-state index is 0.512. The maximum atomic E-state index is 6.99.